The van der Waals surface area contributed by atoms with E-state index < -0.39 is 0 Å². The number of hydrogen-bond donors (Lipinski definition) is 1. The van der Waals surface area contributed by atoms with Gasteiger partial charge in [0.15, 0.2) is 35.7 Å². The Balaban J connectivity index is 0.00000157. The molecule has 1 aromatic heterocycles. The van der Waals surface area contributed by atoms with Gasteiger partial charge in [0.1, 0.15) is 0 Å². The van der Waals surface area contributed by atoms with Gasteiger partial charge in [-0.2, -0.15) is 4.57 Å². The van der Waals surface area contributed by atoms with Crippen molar-refractivity contribution >= 4 is 10.8 Å². The largest absolute Gasteiger partial charge is 1.00 e. The van der Waals surface area contributed by atoms with Crippen molar-refractivity contribution in [2.24, 2.45) is 0 Å². The molecule has 5 rings (SSSR count). The highest BCUT2D eigenvalue weighted by atomic mass is 79.9. The number of halogens is 1. The number of hydrogen-bond acceptors (Lipinski definition) is 4. The lowest BCUT2D eigenvalue weighted by Crippen LogP contribution is -3.00. The van der Waals surface area contributed by atoms with Gasteiger partial charge in [-0.3, -0.25) is 0 Å². The maximum Gasteiger partial charge on any atom is 0.231 e. The normalized spacial score (nSPS) is 13.8. The van der Waals surface area contributed by atoms with Crippen LogP contribution in [0.4, 0.5) is 0 Å². The first-order chi connectivity index (χ1) is 11.7. The van der Waals surface area contributed by atoms with Gasteiger partial charge in [0.25, 0.3) is 0 Å². The number of benzene rings is 2. The molecule has 6 heteroatoms. The molecule has 0 bridgehead atoms. The van der Waals surface area contributed by atoms with Gasteiger partial charge < -0.3 is 36.3 Å². The van der Waals surface area contributed by atoms with Crippen LogP contribution in [0.3, 0.4) is 0 Å². The van der Waals surface area contributed by atoms with Crippen LogP contribution < -0.4 is 35.8 Å². The molecular weight excluding hydrogens is 386 g/mol. The molecule has 2 aromatic carbocycles. The number of fused-ring (bicyclic) bond motifs is 6. The van der Waals surface area contributed by atoms with Crippen molar-refractivity contribution in [3.63, 3.8) is 0 Å². The maximum absolute atomic E-state index is 10.0. The molecule has 3 aromatic rings. The van der Waals surface area contributed by atoms with Crippen LogP contribution in [0.25, 0.3) is 22.0 Å². The van der Waals surface area contributed by atoms with Crippen LogP contribution in [-0.2, 0) is 13.0 Å². The van der Waals surface area contributed by atoms with Gasteiger partial charge in [-0.05, 0) is 35.2 Å². The van der Waals surface area contributed by atoms with E-state index in [2.05, 4.69) is 22.9 Å². The number of nitrogens with zero attached hydrogens (tertiary/aromatic N) is 1. The van der Waals surface area contributed by atoms with Crippen molar-refractivity contribution in [3.8, 4) is 34.3 Å². The Morgan fingerprint density at radius 3 is 2.88 bits per heavy atom. The highest BCUT2D eigenvalue weighted by Crippen LogP contribution is 2.41. The van der Waals surface area contributed by atoms with E-state index in [-0.39, 0.29) is 29.5 Å². The molecule has 0 amide bonds. The van der Waals surface area contributed by atoms with Crippen LogP contribution in [0, 0.1) is 0 Å². The quantitative estimate of drug-likeness (QED) is 0.573. The van der Waals surface area contributed by atoms with Crippen LogP contribution in [0.2, 0.25) is 0 Å². The Morgan fingerprint density at radius 1 is 1.16 bits per heavy atom. The summed E-state index contributed by atoms with van der Waals surface area (Å²) >= 11 is 0. The van der Waals surface area contributed by atoms with E-state index in [0.29, 0.717) is 5.75 Å². The zero-order chi connectivity index (χ0) is 16.3. The lowest BCUT2D eigenvalue weighted by Gasteiger charge is -2.17. The van der Waals surface area contributed by atoms with E-state index in [0.717, 1.165) is 52.1 Å². The number of phenolic OH excluding ortho intramolecular Hbond substituents is 1. The fourth-order valence-corrected chi connectivity index (χ4v) is 3.60. The van der Waals surface area contributed by atoms with Crippen LogP contribution in [-0.4, -0.2) is 19.0 Å². The molecule has 0 spiro atoms. The Bertz CT molecular complexity index is 1000. The van der Waals surface area contributed by atoms with E-state index in [4.69, 9.17) is 14.2 Å². The van der Waals surface area contributed by atoms with Gasteiger partial charge >= 0.3 is 0 Å². The summed E-state index contributed by atoms with van der Waals surface area (Å²) in [7, 11) is 1.57. The smallest absolute Gasteiger partial charge is 0.231 e. The number of aromatic hydroxyl groups is 1. The third-order valence-corrected chi connectivity index (χ3v) is 4.80. The van der Waals surface area contributed by atoms with Crippen molar-refractivity contribution in [2.45, 2.75) is 13.0 Å². The number of methoxy groups -OCH3 is 1. The van der Waals surface area contributed by atoms with Crippen molar-refractivity contribution in [3.05, 3.63) is 42.1 Å². The molecule has 0 atom stereocenters. The predicted molar refractivity (Wildman–Crippen MR) is 87.6 cm³/mol. The molecule has 5 nitrogen and oxygen atoms in total. The van der Waals surface area contributed by atoms with Crippen LogP contribution in [0.1, 0.15) is 5.56 Å². The zero-order valence-corrected chi connectivity index (χ0v) is 15.2. The summed E-state index contributed by atoms with van der Waals surface area (Å²) in [6.45, 7) is 1.13. The monoisotopic (exact) mass is 401 g/mol. The minimum absolute atomic E-state index is 0. The Morgan fingerprint density at radius 2 is 2.04 bits per heavy atom. The minimum atomic E-state index is 0. The molecule has 3 heterocycles. The predicted octanol–water partition coefficient (Wildman–Crippen LogP) is -0.203. The van der Waals surface area contributed by atoms with Gasteiger partial charge in [0.2, 0.25) is 12.5 Å². The topological polar surface area (TPSA) is 51.8 Å². The fourth-order valence-electron chi connectivity index (χ4n) is 3.60. The molecule has 128 valence electrons. The Kier molecular flexibility index (Phi) is 3.72. The molecule has 2 aliphatic rings. The molecule has 0 unspecified atom stereocenters. The summed E-state index contributed by atoms with van der Waals surface area (Å²) in [6.07, 6.45) is 2.99. The fraction of sp³-hybridized carbons (Fsp3) is 0.211. The van der Waals surface area contributed by atoms with Gasteiger partial charge in [0, 0.05) is 12.5 Å². The third-order valence-electron chi connectivity index (χ3n) is 4.80. The second kappa shape index (κ2) is 5.81. The van der Waals surface area contributed by atoms with Crippen molar-refractivity contribution in [1.82, 2.24) is 0 Å². The lowest BCUT2D eigenvalue weighted by molar-refractivity contribution is -0.686. The van der Waals surface area contributed by atoms with Crippen LogP contribution >= 0.6 is 0 Å². The van der Waals surface area contributed by atoms with E-state index in [1.165, 1.54) is 0 Å². The summed E-state index contributed by atoms with van der Waals surface area (Å²) < 4.78 is 18.6. The van der Waals surface area contributed by atoms with E-state index >= 15 is 0 Å². The molecule has 0 fully saturated rings. The second-order valence-corrected chi connectivity index (χ2v) is 6.09. The van der Waals surface area contributed by atoms with Crippen molar-refractivity contribution in [1.29, 1.82) is 0 Å². The van der Waals surface area contributed by atoms with Crippen molar-refractivity contribution < 1.29 is 40.9 Å². The molecular formula is C19H16BrNO4. The van der Waals surface area contributed by atoms with Gasteiger partial charge in [-0.1, -0.05) is 0 Å². The first-order valence-electron chi connectivity index (χ1n) is 7.90. The molecule has 0 saturated carbocycles. The second-order valence-electron chi connectivity index (χ2n) is 6.09. The maximum atomic E-state index is 10.0. The number of aromatic nitrogens is 1. The van der Waals surface area contributed by atoms with Crippen molar-refractivity contribution in [2.75, 3.05) is 13.9 Å². The molecule has 1 N–H and O–H groups in total. The number of ether oxygens (including phenoxy) is 3. The minimum Gasteiger partial charge on any atom is -1.00 e. The van der Waals surface area contributed by atoms with E-state index in [1.807, 2.05) is 18.2 Å². The number of phenols is 1. The van der Waals surface area contributed by atoms with E-state index in [1.54, 1.807) is 7.11 Å². The molecule has 0 saturated heterocycles. The molecule has 25 heavy (non-hydrogen) atoms. The van der Waals surface area contributed by atoms with Crippen LogP contribution in [0.5, 0.6) is 23.0 Å². The third kappa shape index (κ3) is 2.32. The molecule has 0 radical (unpaired) electrons. The summed E-state index contributed by atoms with van der Waals surface area (Å²) in [6, 6.07) is 9.88. The standard InChI is InChI=1S/C19H15NO4.BrH/c1-22-18-8-13-12(7-16(18)21)4-5-20-9-14-11(6-15(13)20)2-3-17-19(14)24-10-23-17;/h2-3,6-9H,4-5,10H2,1H3;1H. The van der Waals surface area contributed by atoms with Gasteiger partial charge in [-0.25, -0.2) is 0 Å². The van der Waals surface area contributed by atoms with Gasteiger partial charge in [0.05, 0.1) is 18.1 Å². The summed E-state index contributed by atoms with van der Waals surface area (Å²) in [4.78, 5) is 0. The number of aryl methyl sites for hydroxylation is 2. The average Bonchev–Trinajstić information content (AvgIpc) is 3.08. The average molecular weight is 402 g/mol. The van der Waals surface area contributed by atoms with Gasteiger partial charge in [-0.15, -0.1) is 0 Å². The first kappa shape index (κ1) is 16.0. The summed E-state index contributed by atoms with van der Waals surface area (Å²) in [5, 5.41) is 12.2. The number of rotatable bonds is 1. The van der Waals surface area contributed by atoms with E-state index in [9.17, 15) is 5.11 Å². The number of pyridine rings is 1. The summed E-state index contributed by atoms with van der Waals surface area (Å²) in [5.74, 6) is 2.30. The zero-order valence-electron chi connectivity index (χ0n) is 13.6. The molecule has 2 aliphatic heterocycles. The lowest BCUT2D eigenvalue weighted by atomic mass is 9.95. The molecule has 0 aliphatic carbocycles. The van der Waals surface area contributed by atoms with Crippen LogP contribution in [0.15, 0.2) is 36.5 Å². The highest BCUT2D eigenvalue weighted by molar-refractivity contribution is 5.92. The SMILES string of the molecule is COc1cc2c(cc1O)CC[n+]1cc3c4c(ccc3cc1-2)OCO4.[Br-]. The Hall–Kier alpha value is -2.47. The Labute approximate surface area is 155 Å². The summed E-state index contributed by atoms with van der Waals surface area (Å²) in [5.41, 5.74) is 3.34. The highest BCUT2D eigenvalue weighted by Gasteiger charge is 2.27. The first-order valence-corrected chi connectivity index (χ1v) is 7.90.